The first-order valence-corrected chi connectivity index (χ1v) is 12.2. The van der Waals surface area contributed by atoms with Gasteiger partial charge in [0.25, 0.3) is 0 Å². The number of amides is 2. The van der Waals surface area contributed by atoms with Crippen LogP contribution >= 0.6 is 11.3 Å². The zero-order valence-electron chi connectivity index (χ0n) is 20.2. The number of nitrogens with zero attached hydrogens (tertiary/aromatic N) is 1. The molecule has 0 bridgehead atoms. The van der Waals surface area contributed by atoms with Gasteiger partial charge in [0.15, 0.2) is 0 Å². The number of methoxy groups -OCH3 is 1. The second kappa shape index (κ2) is 12.7. The first-order valence-electron chi connectivity index (χ1n) is 11.4. The number of benzene rings is 2. The molecule has 1 N–H and O–H groups in total. The lowest BCUT2D eigenvalue weighted by molar-refractivity contribution is -0.152. The molecule has 1 atom stereocenters. The molecule has 3 aromatic rings. The fraction of sp³-hybridized carbons (Fsp3) is 0.296. The van der Waals surface area contributed by atoms with E-state index in [0.717, 1.165) is 21.8 Å². The van der Waals surface area contributed by atoms with Crippen LogP contribution in [0.1, 0.15) is 34.5 Å². The molecule has 7 nitrogen and oxygen atoms in total. The van der Waals surface area contributed by atoms with Crippen LogP contribution in [0, 0.1) is 6.92 Å². The molecule has 0 saturated heterocycles. The van der Waals surface area contributed by atoms with Gasteiger partial charge in [-0.15, -0.1) is 11.3 Å². The Labute approximate surface area is 209 Å². The monoisotopic (exact) mass is 494 g/mol. The normalized spacial score (nSPS) is 11.4. The summed E-state index contributed by atoms with van der Waals surface area (Å²) < 4.78 is 10.3. The predicted molar refractivity (Wildman–Crippen MR) is 135 cm³/mol. The Balaban J connectivity index is 1.90. The highest BCUT2D eigenvalue weighted by atomic mass is 32.1. The van der Waals surface area contributed by atoms with Crippen LogP contribution in [0.25, 0.3) is 0 Å². The van der Waals surface area contributed by atoms with E-state index in [0.29, 0.717) is 5.56 Å². The highest BCUT2D eigenvalue weighted by Crippen LogP contribution is 2.24. The van der Waals surface area contributed by atoms with E-state index in [9.17, 15) is 14.4 Å². The van der Waals surface area contributed by atoms with Gasteiger partial charge in [-0.3, -0.25) is 14.4 Å². The molecule has 35 heavy (non-hydrogen) atoms. The van der Waals surface area contributed by atoms with Crippen molar-refractivity contribution in [3.05, 3.63) is 87.6 Å². The van der Waals surface area contributed by atoms with E-state index in [4.69, 9.17) is 9.47 Å². The van der Waals surface area contributed by atoms with E-state index in [1.807, 2.05) is 73.0 Å². The average molecular weight is 495 g/mol. The fourth-order valence-corrected chi connectivity index (χ4v) is 4.28. The quantitative estimate of drug-likeness (QED) is 0.407. The molecule has 1 aromatic heterocycles. The molecule has 3 rings (SSSR count). The largest absolute Gasteiger partial charge is 0.497 e. The van der Waals surface area contributed by atoms with E-state index in [2.05, 4.69) is 5.32 Å². The molecule has 0 aliphatic rings. The maximum Gasteiger partial charge on any atom is 0.325 e. The lowest BCUT2D eigenvalue weighted by Gasteiger charge is -2.30. The summed E-state index contributed by atoms with van der Waals surface area (Å²) in [5.41, 5.74) is 2.52. The van der Waals surface area contributed by atoms with Gasteiger partial charge in [-0.2, -0.15) is 0 Å². The van der Waals surface area contributed by atoms with Gasteiger partial charge in [0, 0.05) is 11.4 Å². The van der Waals surface area contributed by atoms with Crippen LogP contribution in [0.2, 0.25) is 0 Å². The molecule has 0 aliphatic heterocycles. The Hall–Kier alpha value is -3.65. The number of carbonyl (C=O) groups excluding carboxylic acids is 3. The smallest absolute Gasteiger partial charge is 0.325 e. The first-order chi connectivity index (χ1) is 16.9. The number of nitrogens with one attached hydrogen (secondary N) is 1. The van der Waals surface area contributed by atoms with Crippen LogP contribution < -0.4 is 10.1 Å². The molecule has 1 unspecified atom stereocenters. The third-order valence-corrected chi connectivity index (χ3v) is 6.29. The number of ether oxygens (including phenoxy) is 2. The summed E-state index contributed by atoms with van der Waals surface area (Å²) in [7, 11) is 1.59. The van der Waals surface area contributed by atoms with E-state index in [1.165, 1.54) is 16.2 Å². The summed E-state index contributed by atoms with van der Waals surface area (Å²) in [5.74, 6) is -0.552. The summed E-state index contributed by atoms with van der Waals surface area (Å²) in [6.45, 7) is 3.77. The van der Waals surface area contributed by atoms with Crippen LogP contribution in [0.5, 0.6) is 5.75 Å². The molecular formula is C27H30N2O5S. The van der Waals surface area contributed by atoms with Gasteiger partial charge in [-0.1, -0.05) is 48.0 Å². The zero-order valence-corrected chi connectivity index (χ0v) is 21.0. The minimum Gasteiger partial charge on any atom is -0.497 e. The molecule has 0 spiro atoms. The minimum absolute atomic E-state index is 0.0885. The maximum absolute atomic E-state index is 13.5. The lowest BCUT2D eigenvalue weighted by Crippen LogP contribution is -2.46. The summed E-state index contributed by atoms with van der Waals surface area (Å²) in [6, 6.07) is 17.5. The standard InChI is InChI=1S/C27H30N2O5S/c1-4-34-25(31)18-29(24(30)16-23-6-5-15-35-23)26(21-11-7-19(2)8-12-21)27(32)28-17-20-9-13-22(33-3)14-10-20/h5-15,26H,4,16-18H2,1-3H3,(H,28,32). The Morgan fingerprint density at radius 2 is 1.74 bits per heavy atom. The highest BCUT2D eigenvalue weighted by molar-refractivity contribution is 7.10. The number of aryl methyl sites for hydroxylation is 1. The topological polar surface area (TPSA) is 84.9 Å². The number of hydrogen-bond donors (Lipinski definition) is 1. The van der Waals surface area contributed by atoms with Crippen molar-refractivity contribution in [1.82, 2.24) is 10.2 Å². The first kappa shape index (κ1) is 26.0. The molecule has 2 amide bonds. The van der Waals surface area contributed by atoms with Gasteiger partial charge in [-0.25, -0.2) is 0 Å². The summed E-state index contributed by atoms with van der Waals surface area (Å²) in [4.78, 5) is 41.6. The fourth-order valence-electron chi connectivity index (χ4n) is 3.58. The number of hydrogen-bond acceptors (Lipinski definition) is 6. The molecule has 0 aliphatic carbocycles. The van der Waals surface area contributed by atoms with Gasteiger partial charge in [0.05, 0.1) is 20.1 Å². The molecule has 0 saturated carbocycles. The second-order valence-corrected chi connectivity index (χ2v) is 8.99. The third kappa shape index (κ3) is 7.42. The zero-order chi connectivity index (χ0) is 25.2. The minimum atomic E-state index is -0.995. The number of rotatable bonds is 11. The lowest BCUT2D eigenvalue weighted by atomic mass is 10.0. The van der Waals surface area contributed by atoms with Crippen molar-refractivity contribution in [2.45, 2.75) is 32.9 Å². The number of carbonyl (C=O) groups is 3. The van der Waals surface area contributed by atoms with Crippen molar-refractivity contribution < 1.29 is 23.9 Å². The van der Waals surface area contributed by atoms with Crippen molar-refractivity contribution in [2.75, 3.05) is 20.3 Å². The van der Waals surface area contributed by atoms with Crippen LogP contribution in [0.4, 0.5) is 0 Å². The van der Waals surface area contributed by atoms with Crippen LogP contribution in [-0.2, 0) is 32.1 Å². The van der Waals surface area contributed by atoms with E-state index >= 15 is 0 Å². The molecule has 1 heterocycles. The highest BCUT2D eigenvalue weighted by Gasteiger charge is 2.33. The number of thiophene rings is 1. The van der Waals surface area contributed by atoms with Crippen molar-refractivity contribution in [3.63, 3.8) is 0 Å². The van der Waals surface area contributed by atoms with Crippen LogP contribution in [0.15, 0.2) is 66.0 Å². The number of esters is 1. The van der Waals surface area contributed by atoms with Crippen molar-refractivity contribution in [3.8, 4) is 5.75 Å². The maximum atomic E-state index is 13.5. The van der Waals surface area contributed by atoms with Gasteiger partial charge < -0.3 is 19.7 Å². The van der Waals surface area contributed by atoms with Crippen molar-refractivity contribution in [2.24, 2.45) is 0 Å². The Morgan fingerprint density at radius 3 is 2.34 bits per heavy atom. The van der Waals surface area contributed by atoms with Gasteiger partial charge in [0.2, 0.25) is 11.8 Å². The second-order valence-electron chi connectivity index (χ2n) is 7.96. The third-order valence-electron chi connectivity index (χ3n) is 5.41. The Morgan fingerprint density at radius 1 is 1.03 bits per heavy atom. The van der Waals surface area contributed by atoms with Gasteiger partial charge >= 0.3 is 5.97 Å². The Bertz CT molecular complexity index is 1110. The van der Waals surface area contributed by atoms with Crippen LogP contribution in [-0.4, -0.2) is 42.9 Å². The average Bonchev–Trinajstić information content (AvgIpc) is 3.37. The van der Waals surface area contributed by atoms with Crippen LogP contribution in [0.3, 0.4) is 0 Å². The van der Waals surface area contributed by atoms with Gasteiger partial charge in [0.1, 0.15) is 18.3 Å². The predicted octanol–water partition coefficient (Wildman–Crippen LogP) is 4.06. The summed E-state index contributed by atoms with van der Waals surface area (Å²) >= 11 is 1.45. The van der Waals surface area contributed by atoms with Crippen molar-refractivity contribution in [1.29, 1.82) is 0 Å². The van der Waals surface area contributed by atoms with Crippen molar-refractivity contribution >= 4 is 29.1 Å². The molecule has 0 fully saturated rings. The Kier molecular flexibility index (Phi) is 9.43. The molecule has 0 radical (unpaired) electrons. The summed E-state index contributed by atoms with van der Waals surface area (Å²) in [6.07, 6.45) is 0.0885. The van der Waals surface area contributed by atoms with E-state index < -0.39 is 12.0 Å². The van der Waals surface area contributed by atoms with Gasteiger partial charge in [-0.05, 0) is 48.6 Å². The van der Waals surface area contributed by atoms with E-state index in [-0.39, 0.29) is 37.9 Å². The molecular weight excluding hydrogens is 464 g/mol. The van der Waals surface area contributed by atoms with E-state index in [1.54, 1.807) is 14.0 Å². The summed E-state index contributed by atoms with van der Waals surface area (Å²) in [5, 5.41) is 4.81. The molecule has 2 aromatic carbocycles. The molecule has 184 valence electrons. The molecule has 8 heteroatoms. The SMILES string of the molecule is CCOC(=O)CN(C(=O)Cc1cccs1)C(C(=O)NCc1ccc(OC)cc1)c1ccc(C)cc1.